The first kappa shape index (κ1) is 12.5. The summed E-state index contributed by atoms with van der Waals surface area (Å²) in [5.74, 6) is 0. The van der Waals surface area contributed by atoms with Crippen LogP contribution in [0.5, 0.6) is 0 Å². The standard InChI is InChI=1S/C15H17NO2S/c1-16-9-8-15(11-16)19(17,18)14-7-6-12-4-2-3-5-13(12)10-14/h6-11H,2-5H2,1H3. The van der Waals surface area contributed by atoms with Crippen LogP contribution in [0, 0.1) is 0 Å². The number of hydrogen-bond donors (Lipinski definition) is 0. The van der Waals surface area contributed by atoms with Crippen molar-refractivity contribution in [1.82, 2.24) is 4.57 Å². The number of aryl methyl sites for hydroxylation is 3. The van der Waals surface area contributed by atoms with E-state index in [2.05, 4.69) is 0 Å². The molecule has 1 heterocycles. The Morgan fingerprint density at radius 2 is 1.74 bits per heavy atom. The number of rotatable bonds is 2. The Morgan fingerprint density at radius 3 is 2.42 bits per heavy atom. The van der Waals surface area contributed by atoms with Crippen LogP contribution in [-0.4, -0.2) is 13.0 Å². The first-order chi connectivity index (χ1) is 9.07. The predicted octanol–water partition coefficient (Wildman–Crippen LogP) is 2.74. The fraction of sp³-hybridized carbons (Fsp3) is 0.333. The third-order valence-electron chi connectivity index (χ3n) is 3.75. The second-order valence-corrected chi connectivity index (χ2v) is 7.10. The van der Waals surface area contributed by atoms with Gasteiger partial charge in [-0.15, -0.1) is 0 Å². The molecule has 2 aromatic rings. The molecule has 100 valence electrons. The zero-order valence-electron chi connectivity index (χ0n) is 11.0. The minimum absolute atomic E-state index is 0.366. The molecule has 0 saturated heterocycles. The molecule has 4 heteroatoms. The Labute approximate surface area is 113 Å². The van der Waals surface area contributed by atoms with Crippen LogP contribution in [0.15, 0.2) is 46.5 Å². The van der Waals surface area contributed by atoms with E-state index in [4.69, 9.17) is 0 Å². The number of aromatic nitrogens is 1. The Hall–Kier alpha value is -1.55. The number of benzene rings is 1. The predicted molar refractivity (Wildman–Crippen MR) is 73.9 cm³/mol. The highest BCUT2D eigenvalue weighted by Crippen LogP contribution is 2.27. The lowest BCUT2D eigenvalue weighted by Gasteiger charge is -2.16. The van der Waals surface area contributed by atoms with E-state index >= 15 is 0 Å². The van der Waals surface area contributed by atoms with Crippen LogP contribution in [0.2, 0.25) is 0 Å². The van der Waals surface area contributed by atoms with Gasteiger partial charge in [0, 0.05) is 19.4 Å². The third kappa shape index (κ3) is 2.21. The molecule has 1 aromatic heterocycles. The summed E-state index contributed by atoms with van der Waals surface area (Å²) in [4.78, 5) is 0.783. The summed E-state index contributed by atoms with van der Waals surface area (Å²) in [6, 6.07) is 7.22. The minimum atomic E-state index is -3.37. The maximum atomic E-state index is 12.5. The highest BCUT2D eigenvalue weighted by molar-refractivity contribution is 7.91. The summed E-state index contributed by atoms with van der Waals surface area (Å²) in [6.45, 7) is 0. The third-order valence-corrected chi connectivity index (χ3v) is 5.48. The molecule has 0 saturated carbocycles. The van der Waals surface area contributed by atoms with E-state index in [0.717, 1.165) is 19.3 Å². The summed E-state index contributed by atoms with van der Waals surface area (Å²) in [6.07, 6.45) is 7.83. The van der Waals surface area contributed by atoms with Gasteiger partial charge in [0.25, 0.3) is 0 Å². The molecule has 3 nitrogen and oxygen atoms in total. The van der Waals surface area contributed by atoms with Gasteiger partial charge in [-0.3, -0.25) is 0 Å². The van der Waals surface area contributed by atoms with Gasteiger partial charge in [-0.1, -0.05) is 6.07 Å². The molecule has 3 rings (SSSR count). The van der Waals surface area contributed by atoms with Crippen molar-refractivity contribution in [2.45, 2.75) is 35.5 Å². The molecular weight excluding hydrogens is 258 g/mol. The van der Waals surface area contributed by atoms with Gasteiger partial charge in [0.15, 0.2) is 0 Å². The van der Waals surface area contributed by atoms with Crippen molar-refractivity contribution in [3.05, 3.63) is 47.8 Å². The first-order valence-electron chi connectivity index (χ1n) is 6.56. The van der Waals surface area contributed by atoms with Crippen LogP contribution in [0.1, 0.15) is 24.0 Å². The number of sulfone groups is 1. The average molecular weight is 275 g/mol. The lowest BCUT2D eigenvalue weighted by atomic mass is 9.92. The van der Waals surface area contributed by atoms with Crippen molar-refractivity contribution < 1.29 is 8.42 Å². The normalized spacial score (nSPS) is 15.2. The molecule has 1 aromatic carbocycles. The Morgan fingerprint density at radius 1 is 1.00 bits per heavy atom. The molecule has 0 amide bonds. The van der Waals surface area contributed by atoms with E-state index in [9.17, 15) is 8.42 Å². The van der Waals surface area contributed by atoms with E-state index in [1.165, 1.54) is 17.5 Å². The Bertz CT molecular complexity index is 713. The lowest BCUT2D eigenvalue weighted by molar-refractivity contribution is 0.595. The largest absolute Gasteiger partial charge is 0.356 e. The maximum Gasteiger partial charge on any atom is 0.208 e. The molecule has 0 radical (unpaired) electrons. The van der Waals surface area contributed by atoms with Gasteiger partial charge in [-0.05, 0) is 55.0 Å². The highest BCUT2D eigenvalue weighted by atomic mass is 32.2. The second-order valence-electron chi connectivity index (χ2n) is 5.15. The summed E-state index contributed by atoms with van der Waals surface area (Å²) >= 11 is 0. The van der Waals surface area contributed by atoms with Gasteiger partial charge in [0.05, 0.1) is 9.79 Å². The molecule has 1 aliphatic carbocycles. The van der Waals surface area contributed by atoms with E-state index in [0.29, 0.717) is 9.79 Å². The lowest BCUT2D eigenvalue weighted by Crippen LogP contribution is -2.06. The Kier molecular flexibility index (Phi) is 2.97. The van der Waals surface area contributed by atoms with Crippen LogP contribution < -0.4 is 0 Å². The van der Waals surface area contributed by atoms with Crippen LogP contribution in [0.25, 0.3) is 0 Å². The zero-order chi connectivity index (χ0) is 13.5. The molecule has 0 N–H and O–H groups in total. The molecule has 0 atom stereocenters. The van der Waals surface area contributed by atoms with E-state index in [1.807, 2.05) is 19.2 Å². The summed E-state index contributed by atoms with van der Waals surface area (Å²) in [5.41, 5.74) is 2.50. The number of hydrogen-bond acceptors (Lipinski definition) is 2. The SMILES string of the molecule is Cn1ccc(S(=O)(=O)c2ccc3c(c2)CCCC3)c1. The van der Waals surface area contributed by atoms with E-state index in [1.54, 1.807) is 29.1 Å². The fourth-order valence-electron chi connectivity index (χ4n) is 2.65. The van der Waals surface area contributed by atoms with Gasteiger partial charge in [0.2, 0.25) is 9.84 Å². The molecule has 0 spiro atoms. The topological polar surface area (TPSA) is 39.1 Å². The van der Waals surface area contributed by atoms with Gasteiger partial charge in [-0.2, -0.15) is 0 Å². The van der Waals surface area contributed by atoms with Crippen LogP contribution in [0.4, 0.5) is 0 Å². The molecule has 1 aliphatic rings. The number of fused-ring (bicyclic) bond motifs is 1. The molecule has 0 fully saturated rings. The first-order valence-corrected chi connectivity index (χ1v) is 8.04. The monoisotopic (exact) mass is 275 g/mol. The fourth-order valence-corrected chi connectivity index (χ4v) is 4.01. The van der Waals surface area contributed by atoms with E-state index in [-0.39, 0.29) is 0 Å². The van der Waals surface area contributed by atoms with Crippen LogP contribution in [-0.2, 0) is 29.7 Å². The van der Waals surface area contributed by atoms with Crippen molar-refractivity contribution in [3.8, 4) is 0 Å². The number of nitrogens with zero attached hydrogens (tertiary/aromatic N) is 1. The van der Waals surface area contributed by atoms with Crippen molar-refractivity contribution in [2.24, 2.45) is 7.05 Å². The van der Waals surface area contributed by atoms with Crippen LogP contribution in [0.3, 0.4) is 0 Å². The minimum Gasteiger partial charge on any atom is -0.356 e. The average Bonchev–Trinajstić information content (AvgIpc) is 2.85. The molecule has 19 heavy (non-hydrogen) atoms. The van der Waals surface area contributed by atoms with Crippen molar-refractivity contribution in [2.75, 3.05) is 0 Å². The van der Waals surface area contributed by atoms with Gasteiger partial charge >= 0.3 is 0 Å². The van der Waals surface area contributed by atoms with Crippen molar-refractivity contribution >= 4 is 9.84 Å². The van der Waals surface area contributed by atoms with Gasteiger partial charge < -0.3 is 4.57 Å². The van der Waals surface area contributed by atoms with Crippen LogP contribution >= 0.6 is 0 Å². The molecule has 0 bridgehead atoms. The molecular formula is C15H17NO2S. The highest BCUT2D eigenvalue weighted by Gasteiger charge is 2.20. The molecule has 0 unspecified atom stereocenters. The van der Waals surface area contributed by atoms with Crippen molar-refractivity contribution in [3.63, 3.8) is 0 Å². The van der Waals surface area contributed by atoms with Crippen molar-refractivity contribution in [1.29, 1.82) is 0 Å². The van der Waals surface area contributed by atoms with E-state index < -0.39 is 9.84 Å². The smallest absolute Gasteiger partial charge is 0.208 e. The maximum absolute atomic E-state index is 12.5. The summed E-state index contributed by atoms with van der Waals surface area (Å²) < 4.78 is 26.8. The zero-order valence-corrected chi connectivity index (χ0v) is 11.8. The second kappa shape index (κ2) is 4.53. The Balaban J connectivity index is 2.06. The van der Waals surface area contributed by atoms with Gasteiger partial charge in [0.1, 0.15) is 0 Å². The molecule has 0 aliphatic heterocycles. The summed E-state index contributed by atoms with van der Waals surface area (Å²) in [7, 11) is -1.55. The quantitative estimate of drug-likeness (QED) is 0.845. The summed E-state index contributed by atoms with van der Waals surface area (Å²) in [5, 5.41) is 0. The van der Waals surface area contributed by atoms with Gasteiger partial charge in [-0.25, -0.2) is 8.42 Å².